The smallest absolute Gasteiger partial charge is 0.257 e. The zero-order valence-corrected chi connectivity index (χ0v) is 16.9. The van der Waals surface area contributed by atoms with Crippen LogP contribution in [0.2, 0.25) is 0 Å². The largest absolute Gasteiger partial charge is 0.491 e. The van der Waals surface area contributed by atoms with Crippen LogP contribution in [-0.4, -0.2) is 72.9 Å². The van der Waals surface area contributed by atoms with Crippen molar-refractivity contribution in [3.05, 3.63) is 42.5 Å². The van der Waals surface area contributed by atoms with Gasteiger partial charge in [-0.25, -0.2) is 14.4 Å². The fraction of sp³-hybridized carbons (Fsp3) is 0.476. The molecule has 2 aliphatic rings. The van der Waals surface area contributed by atoms with Gasteiger partial charge in [0.05, 0.1) is 13.7 Å². The fourth-order valence-corrected chi connectivity index (χ4v) is 3.89. The third-order valence-electron chi connectivity index (χ3n) is 5.46. The van der Waals surface area contributed by atoms with Crippen molar-refractivity contribution in [2.45, 2.75) is 25.0 Å². The fourth-order valence-electron chi connectivity index (χ4n) is 3.89. The first-order valence-corrected chi connectivity index (χ1v) is 10.0. The number of hydrogen-bond donors (Lipinski definition) is 0. The van der Waals surface area contributed by atoms with Gasteiger partial charge in [0.15, 0.2) is 5.82 Å². The van der Waals surface area contributed by atoms with Crippen LogP contribution in [0.4, 0.5) is 10.2 Å². The minimum absolute atomic E-state index is 0.00330. The van der Waals surface area contributed by atoms with E-state index in [9.17, 15) is 9.18 Å². The summed E-state index contributed by atoms with van der Waals surface area (Å²) in [6.45, 7) is 2.38. The van der Waals surface area contributed by atoms with Gasteiger partial charge in [-0.05, 0) is 37.1 Å². The van der Waals surface area contributed by atoms with Crippen LogP contribution in [0.15, 0.2) is 36.7 Å². The van der Waals surface area contributed by atoms with Gasteiger partial charge in [-0.1, -0.05) is 0 Å². The van der Waals surface area contributed by atoms with Crippen LogP contribution in [-0.2, 0) is 9.53 Å². The van der Waals surface area contributed by atoms with Crippen molar-refractivity contribution in [3.8, 4) is 11.6 Å². The Kier molecular flexibility index (Phi) is 6.27. The van der Waals surface area contributed by atoms with E-state index in [-0.39, 0.29) is 30.5 Å². The lowest BCUT2D eigenvalue weighted by Gasteiger charge is -2.42. The van der Waals surface area contributed by atoms with Gasteiger partial charge in [0, 0.05) is 31.5 Å². The molecule has 2 saturated heterocycles. The van der Waals surface area contributed by atoms with E-state index in [1.54, 1.807) is 31.6 Å². The van der Waals surface area contributed by atoms with Crippen molar-refractivity contribution in [1.29, 1.82) is 0 Å². The number of benzene rings is 1. The van der Waals surface area contributed by atoms with Crippen LogP contribution < -0.4 is 14.4 Å². The highest BCUT2D eigenvalue weighted by atomic mass is 19.1. The molecule has 2 fully saturated rings. The predicted octanol–water partition coefficient (Wildman–Crippen LogP) is 1.90. The quantitative estimate of drug-likeness (QED) is 0.712. The number of nitrogens with zero attached hydrogens (tertiary/aromatic N) is 4. The van der Waals surface area contributed by atoms with E-state index >= 15 is 0 Å². The molecule has 8 nitrogen and oxygen atoms in total. The molecular formula is C21H25FN4O4. The Bertz CT molecular complexity index is 858. The van der Waals surface area contributed by atoms with Gasteiger partial charge >= 0.3 is 0 Å². The average molecular weight is 416 g/mol. The van der Waals surface area contributed by atoms with Crippen LogP contribution in [0.5, 0.6) is 11.6 Å². The topological polar surface area (TPSA) is 77.0 Å². The van der Waals surface area contributed by atoms with E-state index in [0.717, 1.165) is 31.7 Å². The van der Waals surface area contributed by atoms with Crippen molar-refractivity contribution in [2.75, 3.05) is 44.9 Å². The number of methoxy groups -OCH3 is 1. The van der Waals surface area contributed by atoms with Gasteiger partial charge in [0.1, 0.15) is 30.9 Å². The number of amides is 1. The van der Waals surface area contributed by atoms with E-state index < -0.39 is 0 Å². The van der Waals surface area contributed by atoms with Crippen molar-refractivity contribution >= 4 is 11.7 Å². The lowest BCUT2D eigenvalue weighted by molar-refractivity contribution is -0.154. The lowest BCUT2D eigenvalue weighted by Crippen LogP contribution is -2.55. The van der Waals surface area contributed by atoms with E-state index in [1.165, 1.54) is 12.1 Å². The molecule has 0 radical (unpaired) electrons. The summed E-state index contributed by atoms with van der Waals surface area (Å²) >= 11 is 0. The zero-order chi connectivity index (χ0) is 20.9. The highest BCUT2D eigenvalue weighted by molar-refractivity contribution is 5.78. The van der Waals surface area contributed by atoms with E-state index in [0.29, 0.717) is 24.8 Å². The first-order valence-electron chi connectivity index (χ1n) is 10.0. The Hall–Kier alpha value is -2.94. The number of hydrogen-bond acceptors (Lipinski definition) is 7. The average Bonchev–Trinajstić information content (AvgIpc) is 2.80. The highest BCUT2D eigenvalue weighted by Gasteiger charge is 2.34. The van der Waals surface area contributed by atoms with E-state index in [4.69, 9.17) is 14.2 Å². The van der Waals surface area contributed by atoms with Gasteiger partial charge in [-0.2, -0.15) is 0 Å². The molecule has 2 aromatic rings. The van der Waals surface area contributed by atoms with Gasteiger partial charge < -0.3 is 24.0 Å². The maximum atomic E-state index is 13.0. The number of anilines is 1. The molecule has 4 rings (SSSR count). The molecule has 1 amide bonds. The minimum atomic E-state index is -0.307. The molecule has 0 bridgehead atoms. The summed E-state index contributed by atoms with van der Waals surface area (Å²) in [6.07, 6.45) is 4.70. The van der Waals surface area contributed by atoms with Crippen molar-refractivity contribution < 1.29 is 23.4 Å². The number of ether oxygens (including phenoxy) is 3. The maximum Gasteiger partial charge on any atom is 0.257 e. The van der Waals surface area contributed by atoms with Crippen LogP contribution >= 0.6 is 0 Å². The Labute approximate surface area is 174 Å². The van der Waals surface area contributed by atoms with E-state index in [2.05, 4.69) is 14.9 Å². The standard InChI is InChI=1S/C21H25FN4O4/c1-28-21-20(23-8-9-24-21)25-10-6-16(7-11-25)26-12-18(30-14-19(26)27)13-29-17-4-2-15(22)3-5-17/h2-5,8-9,16,18H,6-7,10-14H2,1H3. The van der Waals surface area contributed by atoms with Crippen molar-refractivity contribution in [1.82, 2.24) is 14.9 Å². The highest BCUT2D eigenvalue weighted by Crippen LogP contribution is 2.27. The second-order valence-corrected chi connectivity index (χ2v) is 7.35. The van der Waals surface area contributed by atoms with Crippen molar-refractivity contribution in [2.24, 2.45) is 0 Å². The van der Waals surface area contributed by atoms with Crippen LogP contribution in [0, 0.1) is 5.82 Å². The lowest BCUT2D eigenvalue weighted by atomic mass is 10.0. The number of morpholine rings is 1. The number of rotatable bonds is 6. The predicted molar refractivity (Wildman–Crippen MR) is 107 cm³/mol. The van der Waals surface area contributed by atoms with Crippen LogP contribution in [0.1, 0.15) is 12.8 Å². The SMILES string of the molecule is COc1nccnc1N1CCC(N2CC(COc3ccc(F)cc3)OCC2=O)CC1. The summed E-state index contributed by atoms with van der Waals surface area (Å²) in [4.78, 5) is 25.1. The number of carbonyl (C=O) groups excluding carboxylic acids is 1. The Morgan fingerprint density at radius 2 is 1.90 bits per heavy atom. The molecule has 30 heavy (non-hydrogen) atoms. The normalized spacial score (nSPS) is 20.3. The molecular weight excluding hydrogens is 391 g/mol. The molecule has 1 atom stereocenters. The molecule has 0 spiro atoms. The van der Waals surface area contributed by atoms with E-state index in [1.807, 2.05) is 4.90 Å². The second kappa shape index (κ2) is 9.25. The number of aromatic nitrogens is 2. The molecule has 1 aromatic heterocycles. The molecule has 0 aliphatic carbocycles. The molecule has 9 heteroatoms. The Morgan fingerprint density at radius 1 is 1.17 bits per heavy atom. The second-order valence-electron chi connectivity index (χ2n) is 7.35. The summed E-state index contributed by atoms with van der Waals surface area (Å²) in [6, 6.07) is 6.02. The summed E-state index contributed by atoms with van der Waals surface area (Å²) in [7, 11) is 1.58. The molecule has 0 N–H and O–H groups in total. The Morgan fingerprint density at radius 3 is 2.63 bits per heavy atom. The summed E-state index contributed by atoms with van der Waals surface area (Å²) in [5.74, 6) is 1.52. The molecule has 2 aliphatic heterocycles. The van der Waals surface area contributed by atoms with Gasteiger partial charge in [-0.3, -0.25) is 4.79 Å². The molecule has 160 valence electrons. The molecule has 0 saturated carbocycles. The summed E-state index contributed by atoms with van der Waals surface area (Å²) in [5, 5.41) is 0. The molecule has 1 unspecified atom stereocenters. The number of piperidine rings is 1. The maximum absolute atomic E-state index is 13.0. The monoisotopic (exact) mass is 416 g/mol. The summed E-state index contributed by atoms with van der Waals surface area (Å²) < 4.78 is 29.7. The third kappa shape index (κ3) is 4.62. The number of carbonyl (C=O) groups is 1. The van der Waals surface area contributed by atoms with Crippen LogP contribution in [0.25, 0.3) is 0 Å². The third-order valence-corrected chi connectivity index (χ3v) is 5.46. The zero-order valence-electron chi connectivity index (χ0n) is 16.9. The number of halogens is 1. The first kappa shape index (κ1) is 20.3. The molecule has 1 aromatic carbocycles. The van der Waals surface area contributed by atoms with Gasteiger partial charge in [0.25, 0.3) is 5.88 Å². The van der Waals surface area contributed by atoms with Crippen LogP contribution in [0.3, 0.4) is 0 Å². The van der Waals surface area contributed by atoms with Gasteiger partial charge in [0.2, 0.25) is 5.91 Å². The minimum Gasteiger partial charge on any atom is -0.491 e. The van der Waals surface area contributed by atoms with Crippen molar-refractivity contribution in [3.63, 3.8) is 0 Å². The summed E-state index contributed by atoms with van der Waals surface area (Å²) in [5.41, 5.74) is 0. The van der Waals surface area contributed by atoms with Gasteiger partial charge in [-0.15, -0.1) is 0 Å². The Balaban J connectivity index is 1.32. The first-order chi connectivity index (χ1) is 14.6. The molecule has 3 heterocycles.